The maximum atomic E-state index is 12.6. The van der Waals surface area contributed by atoms with Crippen LogP contribution in [0.3, 0.4) is 0 Å². The van der Waals surface area contributed by atoms with Crippen LogP contribution in [0, 0.1) is 5.92 Å². The highest BCUT2D eigenvalue weighted by atomic mass is 35.5. The van der Waals surface area contributed by atoms with Gasteiger partial charge in [0.25, 0.3) is 0 Å². The number of alkyl carbamates (subject to hydrolysis) is 1. The molecule has 1 aromatic rings. The van der Waals surface area contributed by atoms with E-state index < -0.39 is 11.7 Å². The van der Waals surface area contributed by atoms with Crippen molar-refractivity contribution >= 4 is 41.1 Å². The fourth-order valence-corrected chi connectivity index (χ4v) is 3.85. The lowest BCUT2D eigenvalue weighted by Gasteiger charge is -2.32. The number of likely N-dealkylation sites (tertiary alicyclic amines) is 1. The van der Waals surface area contributed by atoms with Crippen molar-refractivity contribution in [2.75, 3.05) is 26.2 Å². The third-order valence-corrected chi connectivity index (χ3v) is 5.45. The number of nitrogens with one attached hydrogen (secondary N) is 2. The molecule has 7 nitrogen and oxygen atoms in total. The van der Waals surface area contributed by atoms with Crippen LogP contribution in [0.2, 0.25) is 10.0 Å². The highest BCUT2D eigenvalue weighted by Crippen LogP contribution is 2.23. The molecule has 1 fully saturated rings. The third kappa shape index (κ3) is 8.95. The number of piperidine rings is 1. The van der Waals surface area contributed by atoms with Crippen molar-refractivity contribution < 1.29 is 19.1 Å². The Morgan fingerprint density at radius 2 is 1.87 bits per heavy atom. The minimum atomic E-state index is -0.565. The van der Waals surface area contributed by atoms with Crippen molar-refractivity contribution in [1.29, 1.82) is 0 Å². The molecular formula is C22H31Cl2N3O4. The molecule has 0 spiro atoms. The first-order valence-electron chi connectivity index (χ1n) is 10.5. The Morgan fingerprint density at radius 3 is 2.55 bits per heavy atom. The summed E-state index contributed by atoms with van der Waals surface area (Å²) in [6.45, 7) is 6.99. The van der Waals surface area contributed by atoms with Crippen molar-refractivity contribution in [3.8, 4) is 0 Å². The van der Waals surface area contributed by atoms with Gasteiger partial charge in [-0.25, -0.2) is 4.79 Å². The van der Waals surface area contributed by atoms with Gasteiger partial charge in [-0.3, -0.25) is 9.59 Å². The van der Waals surface area contributed by atoms with Gasteiger partial charge in [0.2, 0.25) is 11.8 Å². The molecule has 2 N–H and O–H groups in total. The summed E-state index contributed by atoms with van der Waals surface area (Å²) in [5.74, 6) is -0.349. The second-order valence-corrected chi connectivity index (χ2v) is 9.48. The first-order chi connectivity index (χ1) is 14.5. The molecule has 0 aromatic heterocycles. The van der Waals surface area contributed by atoms with E-state index in [-0.39, 0.29) is 24.3 Å². The van der Waals surface area contributed by atoms with Gasteiger partial charge in [0.15, 0.2) is 0 Å². The maximum Gasteiger partial charge on any atom is 0.407 e. The summed E-state index contributed by atoms with van der Waals surface area (Å²) in [5, 5.41) is 6.54. The Hall–Kier alpha value is -1.99. The number of carbonyl (C=O) groups is 3. The number of carbonyl (C=O) groups excluding carboxylic acids is 3. The molecule has 3 amide bonds. The molecule has 1 aliphatic rings. The van der Waals surface area contributed by atoms with Gasteiger partial charge in [0.05, 0.1) is 5.92 Å². The maximum absolute atomic E-state index is 12.6. The second-order valence-electron chi connectivity index (χ2n) is 8.63. The lowest BCUT2D eigenvalue weighted by atomic mass is 9.96. The van der Waals surface area contributed by atoms with Crippen LogP contribution in [-0.4, -0.2) is 54.6 Å². The van der Waals surface area contributed by atoms with E-state index >= 15 is 0 Å². The van der Waals surface area contributed by atoms with Gasteiger partial charge in [-0.05, 0) is 57.7 Å². The van der Waals surface area contributed by atoms with E-state index in [2.05, 4.69) is 10.6 Å². The van der Waals surface area contributed by atoms with E-state index in [4.69, 9.17) is 27.9 Å². The molecule has 1 atom stereocenters. The van der Waals surface area contributed by atoms with Gasteiger partial charge in [-0.1, -0.05) is 29.3 Å². The average molecular weight is 472 g/mol. The van der Waals surface area contributed by atoms with Gasteiger partial charge in [0.1, 0.15) is 5.60 Å². The number of aryl methyl sites for hydroxylation is 1. The molecule has 1 heterocycles. The number of benzene rings is 1. The highest BCUT2D eigenvalue weighted by molar-refractivity contribution is 6.35. The largest absolute Gasteiger partial charge is 0.444 e. The fraction of sp³-hybridized carbons (Fsp3) is 0.591. The molecule has 0 bridgehead atoms. The van der Waals surface area contributed by atoms with Crippen LogP contribution in [0.5, 0.6) is 0 Å². The number of nitrogens with zero attached hydrogens (tertiary/aromatic N) is 1. The third-order valence-electron chi connectivity index (χ3n) is 4.86. The zero-order chi connectivity index (χ0) is 23.0. The summed E-state index contributed by atoms with van der Waals surface area (Å²) in [4.78, 5) is 38.5. The number of amides is 3. The van der Waals surface area contributed by atoms with Crippen molar-refractivity contribution in [2.45, 2.75) is 52.1 Å². The van der Waals surface area contributed by atoms with Gasteiger partial charge < -0.3 is 20.3 Å². The van der Waals surface area contributed by atoms with Crippen LogP contribution in [-0.2, 0) is 20.7 Å². The number of hydrogen-bond donors (Lipinski definition) is 2. The van der Waals surface area contributed by atoms with E-state index in [0.29, 0.717) is 42.5 Å². The highest BCUT2D eigenvalue weighted by Gasteiger charge is 2.28. The van der Waals surface area contributed by atoms with Gasteiger partial charge in [-0.15, -0.1) is 0 Å². The summed E-state index contributed by atoms with van der Waals surface area (Å²) < 4.78 is 5.15. The molecule has 9 heteroatoms. The van der Waals surface area contributed by atoms with Crippen LogP contribution < -0.4 is 10.6 Å². The zero-order valence-electron chi connectivity index (χ0n) is 18.3. The molecule has 1 aromatic carbocycles. The Kier molecular flexibility index (Phi) is 9.44. The van der Waals surface area contributed by atoms with Crippen LogP contribution >= 0.6 is 23.2 Å². The number of rotatable bonds is 7. The van der Waals surface area contributed by atoms with Crippen LogP contribution in [0.15, 0.2) is 18.2 Å². The van der Waals surface area contributed by atoms with E-state index in [9.17, 15) is 14.4 Å². The zero-order valence-corrected chi connectivity index (χ0v) is 19.8. The molecular weight excluding hydrogens is 441 g/mol. The normalized spacial score (nSPS) is 16.5. The van der Waals surface area contributed by atoms with Crippen molar-refractivity contribution in [3.63, 3.8) is 0 Å². The molecule has 172 valence electrons. The Morgan fingerprint density at radius 1 is 1.16 bits per heavy atom. The Bertz CT molecular complexity index is 795. The van der Waals surface area contributed by atoms with Crippen molar-refractivity contribution in [3.05, 3.63) is 33.8 Å². The van der Waals surface area contributed by atoms with Crippen molar-refractivity contribution in [1.82, 2.24) is 15.5 Å². The lowest BCUT2D eigenvalue weighted by molar-refractivity contribution is -0.135. The summed E-state index contributed by atoms with van der Waals surface area (Å²) in [5.41, 5.74) is 0.313. The predicted molar refractivity (Wildman–Crippen MR) is 121 cm³/mol. The molecule has 1 saturated heterocycles. The smallest absolute Gasteiger partial charge is 0.407 e. The van der Waals surface area contributed by atoms with Crippen LogP contribution in [0.4, 0.5) is 4.79 Å². The lowest BCUT2D eigenvalue weighted by Crippen LogP contribution is -2.46. The summed E-state index contributed by atoms with van der Waals surface area (Å²) in [7, 11) is 0. The molecule has 1 unspecified atom stereocenters. The molecule has 1 aliphatic heterocycles. The predicted octanol–water partition coefficient (Wildman–Crippen LogP) is 3.81. The molecule has 0 saturated carbocycles. The van der Waals surface area contributed by atoms with Crippen LogP contribution in [0.1, 0.15) is 45.6 Å². The fourth-order valence-electron chi connectivity index (χ4n) is 3.35. The summed E-state index contributed by atoms with van der Waals surface area (Å²) in [6, 6.07) is 5.25. The Balaban J connectivity index is 1.73. The standard InChI is InChI=1S/C22H31Cl2N3O4/c1-22(2,3)31-21(30)26-11-10-25-20(29)16-5-4-12-27(14-16)19(28)9-7-15-6-8-17(23)13-18(15)24/h6,8,13,16H,4-5,7,9-12,14H2,1-3H3,(H,25,29)(H,26,30). The first kappa shape index (κ1) is 25.3. The minimum Gasteiger partial charge on any atom is -0.444 e. The van der Waals surface area contributed by atoms with E-state index in [1.165, 1.54) is 0 Å². The molecule has 2 rings (SSSR count). The SMILES string of the molecule is CC(C)(C)OC(=O)NCCNC(=O)C1CCCN(C(=O)CCc2ccc(Cl)cc2Cl)C1. The van der Waals surface area contributed by atoms with E-state index in [0.717, 1.165) is 18.4 Å². The van der Waals surface area contributed by atoms with E-state index in [1.807, 2.05) is 6.07 Å². The van der Waals surface area contributed by atoms with Gasteiger partial charge in [-0.2, -0.15) is 0 Å². The molecule has 31 heavy (non-hydrogen) atoms. The van der Waals surface area contributed by atoms with Gasteiger partial charge >= 0.3 is 6.09 Å². The van der Waals surface area contributed by atoms with Crippen LogP contribution in [0.25, 0.3) is 0 Å². The monoisotopic (exact) mass is 471 g/mol. The minimum absolute atomic E-state index is 0.00936. The quantitative estimate of drug-likeness (QED) is 0.591. The van der Waals surface area contributed by atoms with Crippen molar-refractivity contribution in [2.24, 2.45) is 5.92 Å². The number of hydrogen-bond acceptors (Lipinski definition) is 4. The van der Waals surface area contributed by atoms with E-state index in [1.54, 1.807) is 37.8 Å². The summed E-state index contributed by atoms with van der Waals surface area (Å²) >= 11 is 12.1. The average Bonchev–Trinajstić information content (AvgIpc) is 2.69. The van der Waals surface area contributed by atoms with Gasteiger partial charge in [0, 0.05) is 42.6 Å². The number of halogens is 2. The second kappa shape index (κ2) is 11.6. The number of ether oxygens (including phenoxy) is 1. The topological polar surface area (TPSA) is 87.7 Å². The first-order valence-corrected chi connectivity index (χ1v) is 11.3. The Labute approximate surface area is 193 Å². The molecule has 0 radical (unpaired) electrons. The molecule has 0 aliphatic carbocycles. The summed E-state index contributed by atoms with van der Waals surface area (Å²) in [6.07, 6.45) is 1.85.